The molecule has 0 fully saturated rings. The summed E-state index contributed by atoms with van der Waals surface area (Å²) in [6.07, 6.45) is 0. The van der Waals surface area contributed by atoms with Crippen molar-refractivity contribution in [2.75, 3.05) is 10.5 Å². The van der Waals surface area contributed by atoms with Gasteiger partial charge in [-0.15, -0.1) is 0 Å². The molecule has 0 aliphatic carbocycles. The van der Waals surface area contributed by atoms with Crippen LogP contribution in [0.15, 0.2) is 26.0 Å². The molecule has 9 heteroatoms. The average Bonchev–Trinajstić information content (AvgIpc) is 2.53. The van der Waals surface area contributed by atoms with E-state index in [0.717, 1.165) is 5.69 Å². The fourth-order valence-electron chi connectivity index (χ4n) is 1.94. The summed E-state index contributed by atoms with van der Waals surface area (Å²) in [6.45, 7) is 3.54. The van der Waals surface area contributed by atoms with E-state index in [0.29, 0.717) is 26.0 Å². The van der Waals surface area contributed by atoms with Crippen LogP contribution in [0.5, 0.6) is 0 Å². The molecule has 2 aromatic rings. The maximum atomic E-state index is 12.6. The lowest BCUT2D eigenvalue weighted by atomic mass is 10.3. The Labute approximate surface area is 140 Å². The van der Waals surface area contributed by atoms with Gasteiger partial charge in [-0.25, -0.2) is 8.42 Å². The van der Waals surface area contributed by atoms with Crippen LogP contribution in [0.4, 0.5) is 11.4 Å². The predicted molar refractivity (Wildman–Crippen MR) is 89.7 cm³/mol. The lowest BCUT2D eigenvalue weighted by molar-refractivity contribution is 0.600. The standard InChI is InChI=1S/C12H14Br2N4O2S/c1-6-11(7(2)18(3)16-6)17-21(19,20)12-9(13)4-8(15)5-10(12)14/h4-5,17H,15H2,1-3H3. The van der Waals surface area contributed by atoms with Crippen molar-refractivity contribution in [2.24, 2.45) is 7.05 Å². The number of hydrogen-bond acceptors (Lipinski definition) is 4. The van der Waals surface area contributed by atoms with E-state index >= 15 is 0 Å². The normalized spacial score (nSPS) is 11.7. The molecule has 0 unspecified atom stereocenters. The van der Waals surface area contributed by atoms with Crippen molar-refractivity contribution in [3.05, 3.63) is 32.5 Å². The number of nitrogens with zero attached hydrogens (tertiary/aromatic N) is 2. The second-order valence-electron chi connectivity index (χ2n) is 4.59. The number of halogens is 2. The molecule has 0 bridgehead atoms. The van der Waals surface area contributed by atoms with Crippen LogP contribution in [0, 0.1) is 13.8 Å². The highest BCUT2D eigenvalue weighted by Crippen LogP contribution is 2.34. The minimum Gasteiger partial charge on any atom is -0.399 e. The van der Waals surface area contributed by atoms with Gasteiger partial charge in [0.15, 0.2) is 0 Å². The molecule has 6 nitrogen and oxygen atoms in total. The minimum absolute atomic E-state index is 0.0966. The number of nitrogens with two attached hydrogens (primary N) is 1. The summed E-state index contributed by atoms with van der Waals surface area (Å²) in [4.78, 5) is 0.0966. The molecule has 0 aliphatic heterocycles. The Kier molecular flexibility index (Phi) is 4.36. The number of anilines is 2. The van der Waals surface area contributed by atoms with Gasteiger partial charge in [-0.3, -0.25) is 9.40 Å². The molecule has 3 N–H and O–H groups in total. The Balaban J connectivity index is 2.54. The van der Waals surface area contributed by atoms with E-state index in [1.165, 1.54) is 0 Å². The molecule has 0 radical (unpaired) electrons. The summed E-state index contributed by atoms with van der Waals surface area (Å²) in [6, 6.07) is 3.09. The van der Waals surface area contributed by atoms with Crippen molar-refractivity contribution < 1.29 is 8.42 Å². The molecule has 0 spiro atoms. The van der Waals surface area contributed by atoms with Crippen molar-refractivity contribution in [3.8, 4) is 0 Å². The molecule has 0 atom stereocenters. The van der Waals surface area contributed by atoms with Gasteiger partial charge in [0, 0.05) is 21.7 Å². The van der Waals surface area contributed by atoms with Crippen molar-refractivity contribution in [3.63, 3.8) is 0 Å². The maximum absolute atomic E-state index is 12.6. The zero-order chi connectivity index (χ0) is 15.9. The zero-order valence-electron chi connectivity index (χ0n) is 11.6. The largest absolute Gasteiger partial charge is 0.399 e. The Morgan fingerprint density at radius 1 is 1.24 bits per heavy atom. The van der Waals surface area contributed by atoms with Crippen LogP contribution >= 0.6 is 31.9 Å². The zero-order valence-corrected chi connectivity index (χ0v) is 15.6. The lowest BCUT2D eigenvalue weighted by Gasteiger charge is -2.12. The molecule has 114 valence electrons. The fourth-order valence-corrected chi connectivity index (χ4v) is 5.74. The van der Waals surface area contributed by atoms with Crippen molar-refractivity contribution in [1.29, 1.82) is 0 Å². The molecule has 0 aliphatic rings. The maximum Gasteiger partial charge on any atom is 0.264 e. The number of nitrogen functional groups attached to an aromatic ring is 1. The first-order chi connectivity index (χ1) is 9.63. The van der Waals surface area contributed by atoms with Gasteiger partial charge in [-0.1, -0.05) is 0 Å². The van der Waals surface area contributed by atoms with Gasteiger partial charge in [0.25, 0.3) is 10.0 Å². The van der Waals surface area contributed by atoms with Crippen LogP contribution in [0.1, 0.15) is 11.4 Å². The number of nitrogens with one attached hydrogen (secondary N) is 1. The summed E-state index contributed by atoms with van der Waals surface area (Å²) in [5.74, 6) is 0. The van der Waals surface area contributed by atoms with Gasteiger partial charge in [-0.05, 0) is 57.8 Å². The van der Waals surface area contributed by atoms with E-state index in [1.54, 1.807) is 37.7 Å². The number of aromatic nitrogens is 2. The van der Waals surface area contributed by atoms with Gasteiger partial charge >= 0.3 is 0 Å². The molecule has 1 aromatic carbocycles. The van der Waals surface area contributed by atoms with E-state index < -0.39 is 10.0 Å². The highest BCUT2D eigenvalue weighted by atomic mass is 79.9. The number of benzene rings is 1. The Morgan fingerprint density at radius 2 is 1.76 bits per heavy atom. The number of sulfonamides is 1. The Hall–Kier alpha value is -1.06. The smallest absolute Gasteiger partial charge is 0.264 e. The fraction of sp³-hybridized carbons (Fsp3) is 0.250. The molecule has 1 heterocycles. The van der Waals surface area contributed by atoms with E-state index in [-0.39, 0.29) is 4.90 Å². The summed E-state index contributed by atoms with van der Waals surface area (Å²) < 4.78 is 30.2. The first-order valence-electron chi connectivity index (χ1n) is 5.91. The van der Waals surface area contributed by atoms with Gasteiger partial charge < -0.3 is 5.73 Å². The van der Waals surface area contributed by atoms with Crippen LogP contribution in [-0.4, -0.2) is 18.2 Å². The average molecular weight is 438 g/mol. The molecule has 0 amide bonds. The van der Waals surface area contributed by atoms with Gasteiger partial charge in [0.1, 0.15) is 4.90 Å². The van der Waals surface area contributed by atoms with Crippen LogP contribution in [0.2, 0.25) is 0 Å². The van der Waals surface area contributed by atoms with E-state index in [9.17, 15) is 8.42 Å². The van der Waals surface area contributed by atoms with Crippen molar-refractivity contribution in [2.45, 2.75) is 18.7 Å². The number of aryl methyl sites for hydroxylation is 2. The molecule has 2 rings (SSSR count). The quantitative estimate of drug-likeness (QED) is 0.722. The third kappa shape index (κ3) is 3.09. The topological polar surface area (TPSA) is 90.0 Å². The second kappa shape index (κ2) is 5.62. The Morgan fingerprint density at radius 3 is 2.19 bits per heavy atom. The van der Waals surface area contributed by atoms with Crippen molar-refractivity contribution >= 4 is 53.3 Å². The van der Waals surface area contributed by atoms with Crippen LogP contribution in [0.3, 0.4) is 0 Å². The SMILES string of the molecule is Cc1nn(C)c(C)c1NS(=O)(=O)c1c(Br)cc(N)cc1Br. The van der Waals surface area contributed by atoms with E-state index in [4.69, 9.17) is 5.73 Å². The molecule has 0 saturated carbocycles. The van der Waals surface area contributed by atoms with Crippen molar-refractivity contribution in [1.82, 2.24) is 9.78 Å². The summed E-state index contributed by atoms with van der Waals surface area (Å²) >= 11 is 6.48. The first-order valence-corrected chi connectivity index (χ1v) is 8.98. The molecule has 1 aromatic heterocycles. The third-order valence-corrected chi connectivity index (χ3v) is 6.26. The minimum atomic E-state index is -3.78. The lowest BCUT2D eigenvalue weighted by Crippen LogP contribution is -2.15. The molecule has 0 saturated heterocycles. The number of hydrogen-bond donors (Lipinski definition) is 2. The highest BCUT2D eigenvalue weighted by molar-refractivity contribution is 9.11. The molecule has 21 heavy (non-hydrogen) atoms. The predicted octanol–water partition coefficient (Wildman–Crippen LogP) is 2.94. The van der Waals surface area contributed by atoms with Crippen LogP contribution in [0.25, 0.3) is 0 Å². The molecular formula is C12H14Br2N4O2S. The second-order valence-corrected chi connectivity index (χ2v) is 7.92. The molecular weight excluding hydrogens is 424 g/mol. The van der Waals surface area contributed by atoms with Gasteiger partial charge in [0.2, 0.25) is 0 Å². The monoisotopic (exact) mass is 436 g/mol. The number of rotatable bonds is 3. The van der Waals surface area contributed by atoms with Crippen LogP contribution in [-0.2, 0) is 17.1 Å². The third-order valence-electron chi connectivity index (χ3n) is 3.03. The summed E-state index contributed by atoms with van der Waals surface area (Å²) in [7, 11) is -2.02. The van der Waals surface area contributed by atoms with Gasteiger partial charge in [-0.2, -0.15) is 5.10 Å². The van der Waals surface area contributed by atoms with Gasteiger partial charge in [0.05, 0.1) is 17.1 Å². The first kappa shape index (κ1) is 16.3. The summed E-state index contributed by atoms with van der Waals surface area (Å²) in [5, 5.41) is 4.19. The van der Waals surface area contributed by atoms with E-state index in [2.05, 4.69) is 41.7 Å². The van der Waals surface area contributed by atoms with Crippen LogP contribution < -0.4 is 10.5 Å². The van der Waals surface area contributed by atoms with E-state index in [1.807, 2.05) is 0 Å². The highest BCUT2D eigenvalue weighted by Gasteiger charge is 2.24. The Bertz CT molecular complexity index is 792. The summed E-state index contributed by atoms with van der Waals surface area (Å²) in [5.41, 5.74) is 7.97.